The molecule has 0 unspecified atom stereocenters. The first-order chi connectivity index (χ1) is 17.1. The number of nitrogens with one attached hydrogen (secondary N) is 1. The Balaban J connectivity index is 1.38. The quantitative estimate of drug-likeness (QED) is 0.604. The van der Waals surface area contributed by atoms with E-state index in [9.17, 15) is 13.2 Å². The van der Waals surface area contributed by atoms with Gasteiger partial charge < -0.3 is 14.6 Å². The summed E-state index contributed by atoms with van der Waals surface area (Å²) in [7, 11) is -3.66. The van der Waals surface area contributed by atoms with E-state index in [0.29, 0.717) is 31.5 Å². The highest BCUT2D eigenvalue weighted by molar-refractivity contribution is 7.89. The maximum Gasteiger partial charge on any atom is 0.243 e. The molecule has 2 saturated heterocycles. The van der Waals surface area contributed by atoms with Gasteiger partial charge in [-0.3, -0.25) is 4.79 Å². The number of aromatic nitrogens is 2. The molecule has 3 heterocycles. The number of amides is 1. The SMILES string of the molecule is CC(C)(C)c1nc2cc(S(=O)(=O)N3CCC[C@@H](CC(=O)NC4CC4)C3)ccc2n1CC1CCOCC1. The van der Waals surface area contributed by atoms with Gasteiger partial charge in [0.1, 0.15) is 5.82 Å². The highest BCUT2D eigenvalue weighted by atomic mass is 32.2. The first kappa shape index (κ1) is 25.7. The Morgan fingerprint density at radius 2 is 1.86 bits per heavy atom. The maximum absolute atomic E-state index is 13.6. The van der Waals surface area contributed by atoms with Crippen molar-refractivity contribution in [3.05, 3.63) is 24.0 Å². The Morgan fingerprint density at radius 3 is 2.56 bits per heavy atom. The predicted octanol–water partition coefficient (Wildman–Crippen LogP) is 3.83. The molecule has 5 rings (SSSR count). The number of rotatable bonds is 7. The molecule has 36 heavy (non-hydrogen) atoms. The molecule has 0 spiro atoms. The number of carbonyl (C=O) groups is 1. The monoisotopic (exact) mass is 516 g/mol. The van der Waals surface area contributed by atoms with Crippen molar-refractivity contribution < 1.29 is 17.9 Å². The van der Waals surface area contributed by atoms with Gasteiger partial charge in [0.15, 0.2) is 0 Å². The molecule has 1 amide bonds. The number of ether oxygens (including phenoxy) is 1. The lowest BCUT2D eigenvalue weighted by molar-refractivity contribution is -0.122. The number of fused-ring (bicyclic) bond motifs is 1. The van der Waals surface area contributed by atoms with Crippen LogP contribution in [-0.4, -0.2) is 60.5 Å². The van der Waals surface area contributed by atoms with Crippen molar-refractivity contribution >= 4 is 27.0 Å². The first-order valence-electron chi connectivity index (χ1n) is 13.5. The Labute approximate surface area is 214 Å². The zero-order chi connectivity index (χ0) is 25.5. The normalized spacial score (nSPS) is 22.7. The molecule has 8 nitrogen and oxygen atoms in total. The van der Waals surface area contributed by atoms with Crippen molar-refractivity contribution in [3.8, 4) is 0 Å². The lowest BCUT2D eigenvalue weighted by atomic mass is 9.94. The Kier molecular flexibility index (Phi) is 7.18. The fraction of sp³-hybridized carbons (Fsp3) is 0.704. The highest BCUT2D eigenvalue weighted by Crippen LogP contribution is 2.32. The van der Waals surface area contributed by atoms with Crippen molar-refractivity contribution in [2.75, 3.05) is 26.3 Å². The minimum absolute atomic E-state index is 0.0490. The lowest BCUT2D eigenvalue weighted by Crippen LogP contribution is -2.41. The third-order valence-corrected chi connectivity index (χ3v) is 9.57. The van der Waals surface area contributed by atoms with Crippen molar-refractivity contribution in [1.82, 2.24) is 19.2 Å². The molecule has 2 aliphatic heterocycles. The molecule has 3 fully saturated rings. The van der Waals surface area contributed by atoms with Crippen LogP contribution in [-0.2, 0) is 31.5 Å². The van der Waals surface area contributed by atoms with E-state index in [1.54, 1.807) is 16.4 Å². The van der Waals surface area contributed by atoms with E-state index in [-0.39, 0.29) is 22.1 Å². The number of benzene rings is 1. The van der Waals surface area contributed by atoms with E-state index in [4.69, 9.17) is 9.72 Å². The second kappa shape index (κ2) is 10.1. The zero-order valence-electron chi connectivity index (χ0n) is 21.8. The highest BCUT2D eigenvalue weighted by Gasteiger charge is 2.33. The van der Waals surface area contributed by atoms with Gasteiger partial charge in [0, 0.05) is 50.7 Å². The molecule has 1 atom stereocenters. The molecule has 1 saturated carbocycles. The molecule has 198 valence electrons. The van der Waals surface area contributed by atoms with Gasteiger partial charge in [0.25, 0.3) is 0 Å². The van der Waals surface area contributed by atoms with Gasteiger partial charge in [0.2, 0.25) is 15.9 Å². The largest absolute Gasteiger partial charge is 0.381 e. The first-order valence-corrected chi connectivity index (χ1v) is 14.9. The number of carbonyl (C=O) groups excluding carboxylic acids is 1. The molecule has 1 aliphatic carbocycles. The van der Waals surface area contributed by atoms with E-state index in [2.05, 4.69) is 30.7 Å². The van der Waals surface area contributed by atoms with Crippen LogP contribution in [0.3, 0.4) is 0 Å². The Hall–Kier alpha value is -1.97. The molecule has 2 aromatic rings. The smallest absolute Gasteiger partial charge is 0.243 e. The summed E-state index contributed by atoms with van der Waals surface area (Å²) in [4.78, 5) is 17.5. The summed E-state index contributed by atoms with van der Waals surface area (Å²) in [6.45, 7) is 9.80. The second-order valence-corrected chi connectivity index (χ2v) is 13.9. The number of hydrogen-bond acceptors (Lipinski definition) is 5. The van der Waals surface area contributed by atoms with Gasteiger partial charge in [0.05, 0.1) is 15.9 Å². The molecule has 0 radical (unpaired) electrons. The van der Waals surface area contributed by atoms with Crippen LogP contribution in [0.5, 0.6) is 0 Å². The molecule has 1 aromatic carbocycles. The standard InChI is InChI=1S/C27H40N4O4S/c1-27(2,3)26-29-23-16-22(8-9-24(23)31(26)18-19-10-13-35-14-11-19)36(33,34)30-12-4-5-20(17-30)15-25(32)28-21-6-7-21/h8-9,16,19-21H,4-7,10-15,17-18H2,1-3H3,(H,28,32)/t20-/m0/s1. The minimum atomic E-state index is -3.66. The third-order valence-electron chi connectivity index (χ3n) is 7.71. The average molecular weight is 517 g/mol. The van der Waals surface area contributed by atoms with Crippen molar-refractivity contribution in [1.29, 1.82) is 0 Å². The van der Waals surface area contributed by atoms with Crippen LogP contribution in [0.1, 0.15) is 71.5 Å². The van der Waals surface area contributed by atoms with Gasteiger partial charge in [-0.1, -0.05) is 20.8 Å². The lowest BCUT2D eigenvalue weighted by Gasteiger charge is -2.31. The van der Waals surface area contributed by atoms with Crippen molar-refractivity contribution in [2.24, 2.45) is 11.8 Å². The molecular weight excluding hydrogens is 476 g/mol. The fourth-order valence-corrected chi connectivity index (χ4v) is 7.13. The summed E-state index contributed by atoms with van der Waals surface area (Å²) in [6, 6.07) is 5.73. The number of hydrogen-bond donors (Lipinski definition) is 1. The van der Waals surface area contributed by atoms with Gasteiger partial charge in [-0.15, -0.1) is 0 Å². The summed E-state index contributed by atoms with van der Waals surface area (Å²) in [6.07, 6.45) is 6.23. The summed E-state index contributed by atoms with van der Waals surface area (Å²) in [5.74, 6) is 1.62. The number of piperidine rings is 1. The second-order valence-electron chi connectivity index (χ2n) is 11.9. The molecule has 1 N–H and O–H groups in total. The number of nitrogens with zero attached hydrogens (tertiary/aromatic N) is 3. The van der Waals surface area contributed by atoms with Crippen LogP contribution in [0.4, 0.5) is 0 Å². The third kappa shape index (κ3) is 5.63. The summed E-state index contributed by atoms with van der Waals surface area (Å²) < 4.78 is 36.7. The van der Waals surface area contributed by atoms with Crippen molar-refractivity contribution in [3.63, 3.8) is 0 Å². The van der Waals surface area contributed by atoms with Crippen LogP contribution in [0.15, 0.2) is 23.1 Å². The van der Waals surface area contributed by atoms with Crippen LogP contribution >= 0.6 is 0 Å². The molecular formula is C27H40N4O4S. The van der Waals surface area contributed by atoms with Crippen LogP contribution in [0, 0.1) is 11.8 Å². The predicted molar refractivity (Wildman–Crippen MR) is 139 cm³/mol. The molecule has 0 bridgehead atoms. The van der Waals surface area contributed by atoms with E-state index >= 15 is 0 Å². The van der Waals surface area contributed by atoms with E-state index < -0.39 is 10.0 Å². The van der Waals surface area contributed by atoms with Gasteiger partial charge >= 0.3 is 0 Å². The van der Waals surface area contributed by atoms with Gasteiger partial charge in [-0.05, 0) is 68.6 Å². The Bertz CT molecular complexity index is 1210. The van der Waals surface area contributed by atoms with Crippen LogP contribution < -0.4 is 5.32 Å². The summed E-state index contributed by atoms with van der Waals surface area (Å²) >= 11 is 0. The topological polar surface area (TPSA) is 93.5 Å². The average Bonchev–Trinajstić information content (AvgIpc) is 3.57. The van der Waals surface area contributed by atoms with E-state index in [1.807, 2.05) is 6.07 Å². The van der Waals surface area contributed by atoms with Gasteiger partial charge in [-0.2, -0.15) is 4.31 Å². The fourth-order valence-electron chi connectivity index (χ4n) is 5.55. The van der Waals surface area contributed by atoms with Crippen LogP contribution in [0.25, 0.3) is 11.0 Å². The molecule has 1 aromatic heterocycles. The molecule has 9 heteroatoms. The molecule has 3 aliphatic rings. The number of imidazole rings is 1. The Morgan fingerprint density at radius 1 is 1.11 bits per heavy atom. The summed E-state index contributed by atoms with van der Waals surface area (Å²) in [5, 5.41) is 3.03. The zero-order valence-corrected chi connectivity index (χ0v) is 22.6. The van der Waals surface area contributed by atoms with Gasteiger partial charge in [-0.25, -0.2) is 13.4 Å². The van der Waals surface area contributed by atoms with E-state index in [0.717, 1.165) is 75.1 Å². The van der Waals surface area contributed by atoms with E-state index in [1.165, 1.54) is 0 Å². The maximum atomic E-state index is 13.6. The number of sulfonamides is 1. The minimum Gasteiger partial charge on any atom is -0.381 e. The summed E-state index contributed by atoms with van der Waals surface area (Å²) in [5.41, 5.74) is 1.55. The van der Waals surface area contributed by atoms with Crippen molar-refractivity contribution in [2.45, 2.75) is 88.6 Å². The van der Waals surface area contributed by atoms with Crippen LogP contribution in [0.2, 0.25) is 0 Å².